The van der Waals surface area contributed by atoms with E-state index in [0.717, 1.165) is 31.4 Å². The molecule has 0 bridgehead atoms. The van der Waals surface area contributed by atoms with Crippen LogP contribution < -0.4 is 10.1 Å². The van der Waals surface area contributed by atoms with Gasteiger partial charge in [-0.05, 0) is 43.6 Å². The lowest BCUT2D eigenvalue weighted by atomic mass is 10.1. The van der Waals surface area contributed by atoms with Gasteiger partial charge in [0, 0.05) is 19.6 Å². The number of rotatable bonds is 7. The highest BCUT2D eigenvalue weighted by Gasteiger charge is 2.20. The summed E-state index contributed by atoms with van der Waals surface area (Å²) in [6, 6.07) is 8.34. The maximum absolute atomic E-state index is 5.85. The first kappa shape index (κ1) is 14.4. The number of nitrogens with zero attached hydrogens (tertiary/aromatic N) is 1. The van der Waals surface area contributed by atoms with Crippen LogP contribution in [0, 0.1) is 5.92 Å². The van der Waals surface area contributed by atoms with Crippen molar-refractivity contribution in [3.05, 3.63) is 29.8 Å². The number of likely N-dealkylation sites (tertiary alicyclic amines) is 1. The van der Waals surface area contributed by atoms with E-state index < -0.39 is 0 Å². The van der Waals surface area contributed by atoms with E-state index >= 15 is 0 Å². The summed E-state index contributed by atoms with van der Waals surface area (Å²) < 4.78 is 5.85. The number of ether oxygens (including phenoxy) is 1. The molecule has 1 N–H and O–H groups in total. The van der Waals surface area contributed by atoms with Crippen LogP contribution in [-0.4, -0.2) is 38.2 Å². The highest BCUT2D eigenvalue weighted by atomic mass is 16.5. The maximum atomic E-state index is 5.85. The predicted molar refractivity (Wildman–Crippen MR) is 79.5 cm³/mol. The van der Waals surface area contributed by atoms with E-state index in [2.05, 4.69) is 35.3 Å². The van der Waals surface area contributed by atoms with Gasteiger partial charge in [0.05, 0.1) is 0 Å². The Balaban J connectivity index is 1.72. The lowest BCUT2D eigenvalue weighted by Crippen LogP contribution is -2.26. The third-order valence-electron chi connectivity index (χ3n) is 3.90. The van der Waals surface area contributed by atoms with Crippen LogP contribution in [0.1, 0.15) is 25.3 Å². The lowest BCUT2D eigenvalue weighted by molar-refractivity contribution is 0.232. The molecule has 1 aromatic rings. The van der Waals surface area contributed by atoms with Gasteiger partial charge >= 0.3 is 0 Å². The highest BCUT2D eigenvalue weighted by molar-refractivity contribution is 5.28. The van der Waals surface area contributed by atoms with Crippen molar-refractivity contribution in [1.82, 2.24) is 10.2 Å². The van der Waals surface area contributed by atoms with Crippen molar-refractivity contribution >= 4 is 0 Å². The van der Waals surface area contributed by atoms with Crippen LogP contribution in [0.2, 0.25) is 0 Å². The van der Waals surface area contributed by atoms with Gasteiger partial charge in [-0.15, -0.1) is 0 Å². The van der Waals surface area contributed by atoms with Crippen LogP contribution in [-0.2, 0) is 6.54 Å². The molecule has 3 heteroatoms. The van der Waals surface area contributed by atoms with Crippen LogP contribution in [0.15, 0.2) is 24.3 Å². The van der Waals surface area contributed by atoms with Crippen molar-refractivity contribution in [3.8, 4) is 5.75 Å². The summed E-state index contributed by atoms with van der Waals surface area (Å²) in [6.45, 7) is 7.51. The molecule has 0 radical (unpaired) electrons. The lowest BCUT2D eigenvalue weighted by Gasteiger charge is -2.16. The number of benzene rings is 1. The average molecular weight is 262 g/mol. The van der Waals surface area contributed by atoms with E-state index in [1.54, 1.807) is 0 Å². The van der Waals surface area contributed by atoms with Crippen molar-refractivity contribution in [1.29, 1.82) is 0 Å². The van der Waals surface area contributed by atoms with E-state index in [0.29, 0.717) is 0 Å². The summed E-state index contributed by atoms with van der Waals surface area (Å²) in [7, 11) is 1.96. The summed E-state index contributed by atoms with van der Waals surface area (Å²) in [5.41, 5.74) is 1.27. The molecular formula is C16H26N2O. The van der Waals surface area contributed by atoms with Gasteiger partial charge in [0.25, 0.3) is 0 Å². The Morgan fingerprint density at radius 2 is 2.32 bits per heavy atom. The van der Waals surface area contributed by atoms with E-state index in [4.69, 9.17) is 4.74 Å². The molecule has 1 aromatic carbocycles. The molecule has 106 valence electrons. The fourth-order valence-corrected chi connectivity index (χ4v) is 2.69. The van der Waals surface area contributed by atoms with Gasteiger partial charge < -0.3 is 10.1 Å². The predicted octanol–water partition coefficient (Wildman–Crippen LogP) is 2.52. The molecule has 1 fully saturated rings. The van der Waals surface area contributed by atoms with Gasteiger partial charge in [-0.2, -0.15) is 0 Å². The average Bonchev–Trinajstić information content (AvgIpc) is 2.88. The van der Waals surface area contributed by atoms with Crippen molar-refractivity contribution in [2.45, 2.75) is 26.3 Å². The Hall–Kier alpha value is -1.06. The van der Waals surface area contributed by atoms with Crippen LogP contribution in [0.4, 0.5) is 0 Å². The summed E-state index contributed by atoms with van der Waals surface area (Å²) in [5.74, 6) is 1.89. The van der Waals surface area contributed by atoms with Gasteiger partial charge in [0.15, 0.2) is 0 Å². The zero-order chi connectivity index (χ0) is 13.5. The van der Waals surface area contributed by atoms with Gasteiger partial charge in [-0.25, -0.2) is 0 Å². The summed E-state index contributed by atoms with van der Waals surface area (Å²) in [4.78, 5) is 2.52. The molecular weight excluding hydrogens is 236 g/mol. The highest BCUT2D eigenvalue weighted by Crippen LogP contribution is 2.19. The summed E-state index contributed by atoms with van der Waals surface area (Å²) in [5, 5.41) is 3.16. The second-order valence-corrected chi connectivity index (χ2v) is 5.39. The molecule has 19 heavy (non-hydrogen) atoms. The molecule has 2 rings (SSSR count). The van der Waals surface area contributed by atoms with Gasteiger partial charge in [-0.1, -0.05) is 25.5 Å². The third-order valence-corrected chi connectivity index (χ3v) is 3.90. The van der Waals surface area contributed by atoms with Gasteiger partial charge in [-0.3, -0.25) is 4.90 Å². The topological polar surface area (TPSA) is 24.5 Å². The molecule has 0 amide bonds. The molecule has 0 aromatic heterocycles. The van der Waals surface area contributed by atoms with Crippen LogP contribution >= 0.6 is 0 Å². The SMILES string of the molecule is CCC1CCN(CCOc2cccc(CNC)c2)C1. The monoisotopic (exact) mass is 262 g/mol. The molecule has 1 unspecified atom stereocenters. The smallest absolute Gasteiger partial charge is 0.119 e. The molecule has 1 saturated heterocycles. The maximum Gasteiger partial charge on any atom is 0.119 e. The molecule has 1 aliphatic heterocycles. The zero-order valence-electron chi connectivity index (χ0n) is 12.2. The fourth-order valence-electron chi connectivity index (χ4n) is 2.69. The minimum absolute atomic E-state index is 0.791. The van der Waals surface area contributed by atoms with Gasteiger partial charge in [0.1, 0.15) is 12.4 Å². The van der Waals surface area contributed by atoms with Crippen molar-refractivity contribution in [2.75, 3.05) is 33.3 Å². The quantitative estimate of drug-likeness (QED) is 0.817. The van der Waals surface area contributed by atoms with E-state index in [-0.39, 0.29) is 0 Å². The van der Waals surface area contributed by atoms with Crippen molar-refractivity contribution < 1.29 is 4.74 Å². The van der Waals surface area contributed by atoms with Crippen molar-refractivity contribution in [3.63, 3.8) is 0 Å². The van der Waals surface area contributed by atoms with Gasteiger partial charge in [0.2, 0.25) is 0 Å². The molecule has 0 spiro atoms. The van der Waals surface area contributed by atoms with Crippen LogP contribution in [0.25, 0.3) is 0 Å². The summed E-state index contributed by atoms with van der Waals surface area (Å²) >= 11 is 0. The molecule has 1 aliphatic rings. The van der Waals surface area contributed by atoms with E-state index in [1.165, 1.54) is 31.5 Å². The Labute approximate surface area is 116 Å². The Morgan fingerprint density at radius 1 is 1.42 bits per heavy atom. The number of hydrogen-bond donors (Lipinski definition) is 1. The molecule has 3 nitrogen and oxygen atoms in total. The van der Waals surface area contributed by atoms with E-state index in [1.807, 2.05) is 13.1 Å². The fraction of sp³-hybridized carbons (Fsp3) is 0.625. The second-order valence-electron chi connectivity index (χ2n) is 5.39. The zero-order valence-corrected chi connectivity index (χ0v) is 12.2. The standard InChI is InChI=1S/C16H26N2O/c1-3-14-7-8-18(13-14)9-10-19-16-6-4-5-15(11-16)12-17-2/h4-6,11,14,17H,3,7-10,12-13H2,1-2H3. The third kappa shape index (κ3) is 4.51. The van der Waals surface area contributed by atoms with Crippen molar-refractivity contribution in [2.24, 2.45) is 5.92 Å². The minimum Gasteiger partial charge on any atom is -0.492 e. The number of nitrogens with one attached hydrogen (secondary N) is 1. The second kappa shape index (κ2) is 7.51. The normalized spacial score (nSPS) is 19.8. The number of hydrogen-bond acceptors (Lipinski definition) is 3. The first-order chi connectivity index (χ1) is 9.31. The Morgan fingerprint density at radius 3 is 3.05 bits per heavy atom. The first-order valence-corrected chi connectivity index (χ1v) is 7.40. The summed E-state index contributed by atoms with van der Waals surface area (Å²) in [6.07, 6.45) is 2.66. The van der Waals surface area contributed by atoms with Crippen LogP contribution in [0.5, 0.6) is 5.75 Å². The molecule has 1 heterocycles. The van der Waals surface area contributed by atoms with Crippen LogP contribution in [0.3, 0.4) is 0 Å². The minimum atomic E-state index is 0.791. The largest absolute Gasteiger partial charge is 0.492 e. The molecule has 0 aliphatic carbocycles. The molecule has 0 saturated carbocycles. The molecule has 1 atom stereocenters. The Kier molecular flexibility index (Phi) is 5.67. The Bertz CT molecular complexity index is 381. The van der Waals surface area contributed by atoms with E-state index in [9.17, 15) is 0 Å². The first-order valence-electron chi connectivity index (χ1n) is 7.40.